The summed E-state index contributed by atoms with van der Waals surface area (Å²) < 4.78 is 2.21. The number of aromatic nitrogens is 3. The van der Waals surface area contributed by atoms with Crippen molar-refractivity contribution in [3.05, 3.63) is 64.7 Å². The van der Waals surface area contributed by atoms with E-state index in [4.69, 9.17) is 12.2 Å². The van der Waals surface area contributed by atoms with E-state index in [1.54, 1.807) is 11.3 Å². The SMILES string of the molecule is Cc1cc([C@H]2[C@H](c3ccccn3)NC(=S)N2C)c(C)n1-c1nccs1. The maximum Gasteiger partial charge on any atom is 0.193 e. The van der Waals surface area contributed by atoms with Gasteiger partial charge in [0.2, 0.25) is 0 Å². The zero-order valence-corrected chi connectivity index (χ0v) is 15.9. The number of thiazole rings is 1. The molecule has 25 heavy (non-hydrogen) atoms. The third-order valence-electron chi connectivity index (χ3n) is 4.74. The van der Waals surface area contributed by atoms with Crippen molar-refractivity contribution in [3.63, 3.8) is 0 Å². The third-order valence-corrected chi connectivity index (χ3v) is 5.90. The summed E-state index contributed by atoms with van der Waals surface area (Å²) in [5.41, 5.74) is 4.61. The molecule has 4 heterocycles. The van der Waals surface area contributed by atoms with Gasteiger partial charge in [0, 0.05) is 36.2 Å². The Kier molecular flexibility index (Phi) is 4.05. The smallest absolute Gasteiger partial charge is 0.193 e. The molecule has 7 heteroatoms. The van der Waals surface area contributed by atoms with Crippen LogP contribution in [0.25, 0.3) is 5.13 Å². The largest absolute Gasteiger partial charge is 0.352 e. The number of nitrogens with zero attached hydrogens (tertiary/aromatic N) is 4. The van der Waals surface area contributed by atoms with Gasteiger partial charge in [0.1, 0.15) is 0 Å². The van der Waals surface area contributed by atoms with Crippen LogP contribution < -0.4 is 5.32 Å². The maximum absolute atomic E-state index is 5.53. The molecule has 0 saturated carbocycles. The lowest BCUT2D eigenvalue weighted by atomic mass is 9.97. The standard InChI is InChI=1S/C18H19N5S2/c1-11-10-13(12(2)23(11)18-20-8-9-25-18)16-15(21-17(24)22(16)3)14-6-4-5-7-19-14/h4-10,15-16H,1-3H3,(H,21,24)/t15-,16-/m0/s1. The first kappa shape index (κ1) is 16.2. The molecular formula is C18H19N5S2. The van der Waals surface area contributed by atoms with Gasteiger partial charge in [-0.15, -0.1) is 11.3 Å². The number of aryl methyl sites for hydroxylation is 1. The predicted molar refractivity (Wildman–Crippen MR) is 104 cm³/mol. The summed E-state index contributed by atoms with van der Waals surface area (Å²) in [5, 5.41) is 7.18. The molecule has 0 spiro atoms. The van der Waals surface area contributed by atoms with E-state index in [2.05, 4.69) is 44.7 Å². The molecule has 0 radical (unpaired) electrons. The zero-order valence-electron chi connectivity index (χ0n) is 14.3. The van der Waals surface area contributed by atoms with Crippen LogP contribution in [-0.4, -0.2) is 31.6 Å². The minimum absolute atomic E-state index is 0.0314. The Morgan fingerprint density at radius 2 is 2.04 bits per heavy atom. The molecule has 2 atom stereocenters. The van der Waals surface area contributed by atoms with Gasteiger partial charge in [-0.05, 0) is 49.8 Å². The predicted octanol–water partition coefficient (Wildman–Crippen LogP) is 3.55. The van der Waals surface area contributed by atoms with Gasteiger partial charge in [-0.2, -0.15) is 0 Å². The average molecular weight is 370 g/mol. The number of rotatable bonds is 3. The number of pyridine rings is 1. The highest BCUT2D eigenvalue weighted by molar-refractivity contribution is 7.80. The Hall–Kier alpha value is -2.25. The minimum atomic E-state index is 0.0314. The number of hydrogen-bond acceptors (Lipinski definition) is 4. The second-order valence-electron chi connectivity index (χ2n) is 6.21. The average Bonchev–Trinajstić information content (AvgIpc) is 3.29. The highest BCUT2D eigenvalue weighted by Crippen LogP contribution is 2.40. The minimum Gasteiger partial charge on any atom is -0.352 e. The molecule has 0 amide bonds. The van der Waals surface area contributed by atoms with Crippen LogP contribution in [0.5, 0.6) is 0 Å². The van der Waals surface area contributed by atoms with Crippen LogP contribution in [0.4, 0.5) is 0 Å². The van der Waals surface area contributed by atoms with Crippen LogP contribution in [0, 0.1) is 13.8 Å². The van der Waals surface area contributed by atoms with E-state index < -0.39 is 0 Å². The molecule has 0 bridgehead atoms. The van der Waals surface area contributed by atoms with E-state index in [-0.39, 0.29) is 12.1 Å². The number of nitrogens with one attached hydrogen (secondary N) is 1. The topological polar surface area (TPSA) is 46.0 Å². The van der Waals surface area contributed by atoms with Crippen molar-refractivity contribution < 1.29 is 0 Å². The molecule has 128 valence electrons. The first-order valence-corrected chi connectivity index (χ1v) is 9.39. The van der Waals surface area contributed by atoms with Crippen molar-refractivity contribution in [1.29, 1.82) is 0 Å². The fraction of sp³-hybridized carbons (Fsp3) is 0.278. The van der Waals surface area contributed by atoms with E-state index in [1.165, 1.54) is 17.0 Å². The molecule has 1 N–H and O–H groups in total. The molecule has 1 aliphatic heterocycles. The van der Waals surface area contributed by atoms with Crippen LogP contribution in [0.3, 0.4) is 0 Å². The first-order chi connectivity index (χ1) is 12.1. The summed E-state index contributed by atoms with van der Waals surface area (Å²) in [6.45, 7) is 4.27. The summed E-state index contributed by atoms with van der Waals surface area (Å²) in [4.78, 5) is 11.1. The highest BCUT2D eigenvalue weighted by Gasteiger charge is 2.39. The number of thiocarbonyl (C=S) groups is 1. The molecule has 1 aliphatic rings. The van der Waals surface area contributed by atoms with Crippen molar-refractivity contribution in [2.24, 2.45) is 0 Å². The fourth-order valence-electron chi connectivity index (χ4n) is 3.56. The van der Waals surface area contributed by atoms with Gasteiger partial charge in [0.05, 0.1) is 17.8 Å². The summed E-state index contributed by atoms with van der Waals surface area (Å²) in [6, 6.07) is 8.37. The molecule has 0 aromatic carbocycles. The molecule has 1 saturated heterocycles. The van der Waals surface area contributed by atoms with Gasteiger partial charge in [-0.1, -0.05) is 6.07 Å². The zero-order chi connectivity index (χ0) is 17.6. The van der Waals surface area contributed by atoms with E-state index in [1.807, 2.05) is 43.0 Å². The number of hydrogen-bond donors (Lipinski definition) is 1. The van der Waals surface area contributed by atoms with Gasteiger partial charge in [-0.3, -0.25) is 9.55 Å². The van der Waals surface area contributed by atoms with E-state index in [9.17, 15) is 0 Å². The molecule has 3 aromatic heterocycles. The van der Waals surface area contributed by atoms with Gasteiger partial charge in [0.15, 0.2) is 10.2 Å². The normalized spacial score (nSPS) is 20.1. The summed E-state index contributed by atoms with van der Waals surface area (Å²) in [7, 11) is 2.04. The fourth-order valence-corrected chi connectivity index (χ4v) is 4.55. The second-order valence-corrected chi connectivity index (χ2v) is 7.47. The van der Waals surface area contributed by atoms with Crippen molar-refractivity contribution in [1.82, 2.24) is 24.8 Å². The van der Waals surface area contributed by atoms with E-state index in [0.29, 0.717) is 0 Å². The quantitative estimate of drug-likeness (QED) is 0.716. The highest BCUT2D eigenvalue weighted by atomic mass is 32.1. The Labute approximate surface area is 156 Å². The van der Waals surface area contributed by atoms with Crippen molar-refractivity contribution in [2.75, 3.05) is 7.05 Å². The number of likely N-dealkylation sites (N-methyl/N-ethyl adjacent to an activating group) is 1. The molecule has 4 rings (SSSR count). The van der Waals surface area contributed by atoms with Crippen molar-refractivity contribution in [2.45, 2.75) is 25.9 Å². The molecule has 0 aliphatic carbocycles. The Morgan fingerprint density at radius 3 is 2.72 bits per heavy atom. The monoisotopic (exact) mass is 369 g/mol. The Balaban J connectivity index is 1.82. The van der Waals surface area contributed by atoms with E-state index in [0.717, 1.165) is 15.9 Å². The third kappa shape index (κ3) is 2.63. The van der Waals surface area contributed by atoms with Crippen LogP contribution >= 0.6 is 23.6 Å². The summed E-state index contributed by atoms with van der Waals surface area (Å²) >= 11 is 7.17. The maximum atomic E-state index is 5.53. The van der Waals surface area contributed by atoms with Crippen LogP contribution in [0.2, 0.25) is 0 Å². The summed E-state index contributed by atoms with van der Waals surface area (Å²) in [5.74, 6) is 0. The lowest BCUT2D eigenvalue weighted by Crippen LogP contribution is -2.25. The van der Waals surface area contributed by atoms with Gasteiger partial charge >= 0.3 is 0 Å². The Morgan fingerprint density at radius 1 is 1.20 bits per heavy atom. The molecule has 5 nitrogen and oxygen atoms in total. The van der Waals surface area contributed by atoms with E-state index >= 15 is 0 Å². The second kappa shape index (κ2) is 6.24. The van der Waals surface area contributed by atoms with Crippen LogP contribution in [0.15, 0.2) is 42.0 Å². The molecular weight excluding hydrogens is 350 g/mol. The van der Waals surface area contributed by atoms with Crippen LogP contribution in [-0.2, 0) is 0 Å². The Bertz CT molecular complexity index is 901. The van der Waals surface area contributed by atoms with Gasteiger partial charge < -0.3 is 10.2 Å². The molecule has 3 aromatic rings. The lowest BCUT2D eigenvalue weighted by molar-refractivity contribution is 0.367. The van der Waals surface area contributed by atoms with Crippen molar-refractivity contribution >= 4 is 28.7 Å². The van der Waals surface area contributed by atoms with Crippen molar-refractivity contribution in [3.8, 4) is 5.13 Å². The lowest BCUT2D eigenvalue weighted by Gasteiger charge is -2.24. The van der Waals surface area contributed by atoms with Crippen LogP contribution in [0.1, 0.15) is 34.7 Å². The van der Waals surface area contributed by atoms with Gasteiger partial charge in [0.25, 0.3) is 0 Å². The molecule has 0 unspecified atom stereocenters. The molecule has 1 fully saturated rings. The first-order valence-electron chi connectivity index (χ1n) is 8.11. The summed E-state index contributed by atoms with van der Waals surface area (Å²) in [6.07, 6.45) is 3.67. The van der Waals surface area contributed by atoms with Gasteiger partial charge in [-0.25, -0.2) is 4.98 Å².